The van der Waals surface area contributed by atoms with Crippen LogP contribution < -0.4 is 10.1 Å². The predicted molar refractivity (Wildman–Crippen MR) is 81.9 cm³/mol. The summed E-state index contributed by atoms with van der Waals surface area (Å²) in [6.45, 7) is 0.611. The minimum absolute atomic E-state index is 0.0826. The van der Waals surface area contributed by atoms with Crippen molar-refractivity contribution in [2.75, 3.05) is 13.7 Å². The molecule has 2 N–H and O–H groups in total. The number of rotatable bonds is 2. The smallest absolute Gasteiger partial charge is 0.253 e. The number of aromatic amines is 1. The van der Waals surface area contributed by atoms with Crippen LogP contribution in [0.2, 0.25) is 0 Å². The highest BCUT2D eigenvalue weighted by Crippen LogP contribution is 2.30. The second kappa shape index (κ2) is 5.05. The molecule has 1 amide bonds. The number of methoxy groups -OCH3 is 1. The molecule has 1 aliphatic rings. The molecule has 4 heterocycles. The summed E-state index contributed by atoms with van der Waals surface area (Å²) < 4.78 is 18.8. The Morgan fingerprint density at radius 3 is 2.96 bits per heavy atom. The van der Waals surface area contributed by atoms with Crippen LogP contribution in [0.4, 0.5) is 4.39 Å². The lowest BCUT2D eigenvalue weighted by Crippen LogP contribution is -2.31. The first-order valence-electron chi connectivity index (χ1n) is 7.17. The van der Waals surface area contributed by atoms with Crippen molar-refractivity contribution in [1.29, 1.82) is 0 Å². The molecule has 23 heavy (non-hydrogen) atoms. The van der Waals surface area contributed by atoms with Crippen molar-refractivity contribution < 1.29 is 13.9 Å². The highest BCUT2D eigenvalue weighted by Gasteiger charge is 2.21. The van der Waals surface area contributed by atoms with Crippen molar-refractivity contribution in [3.63, 3.8) is 0 Å². The van der Waals surface area contributed by atoms with E-state index in [0.717, 1.165) is 23.4 Å². The monoisotopic (exact) mass is 312 g/mol. The highest BCUT2D eigenvalue weighted by molar-refractivity contribution is 5.99. The number of ether oxygens (including phenoxy) is 1. The van der Waals surface area contributed by atoms with E-state index in [1.165, 1.54) is 13.2 Å². The van der Waals surface area contributed by atoms with E-state index in [9.17, 15) is 9.18 Å². The van der Waals surface area contributed by atoms with E-state index in [-0.39, 0.29) is 11.8 Å². The minimum atomic E-state index is -0.560. The summed E-state index contributed by atoms with van der Waals surface area (Å²) in [5, 5.41) is 2.81. The first-order chi connectivity index (χ1) is 11.2. The number of halogens is 1. The molecule has 0 saturated heterocycles. The topological polar surface area (TPSA) is 79.9 Å². The van der Waals surface area contributed by atoms with Crippen molar-refractivity contribution in [3.8, 4) is 17.1 Å². The van der Waals surface area contributed by atoms with Crippen LogP contribution in [-0.4, -0.2) is 34.5 Å². The molecule has 0 saturated carbocycles. The summed E-state index contributed by atoms with van der Waals surface area (Å²) >= 11 is 0. The number of hydrogen-bond donors (Lipinski definition) is 2. The van der Waals surface area contributed by atoms with Gasteiger partial charge in [0, 0.05) is 42.2 Å². The molecule has 0 aliphatic carbocycles. The van der Waals surface area contributed by atoms with Gasteiger partial charge in [0.15, 0.2) is 5.82 Å². The van der Waals surface area contributed by atoms with E-state index in [4.69, 9.17) is 4.74 Å². The van der Waals surface area contributed by atoms with E-state index < -0.39 is 5.82 Å². The number of aromatic nitrogens is 3. The maximum Gasteiger partial charge on any atom is 0.253 e. The number of H-pyrrole nitrogens is 1. The summed E-state index contributed by atoms with van der Waals surface area (Å²) in [6, 6.07) is 4.86. The molecule has 0 bridgehead atoms. The number of amides is 1. The molecule has 3 aromatic rings. The van der Waals surface area contributed by atoms with Gasteiger partial charge in [-0.3, -0.25) is 9.78 Å². The molecule has 0 spiro atoms. The minimum Gasteiger partial charge on any atom is -0.479 e. The van der Waals surface area contributed by atoms with Crippen molar-refractivity contribution in [3.05, 3.63) is 41.5 Å². The SMILES string of the molecule is COc1nc2c(-c3cc4c([nH]3)CCNC4=O)ccnc2cc1F. The first kappa shape index (κ1) is 13.7. The maximum absolute atomic E-state index is 13.8. The van der Waals surface area contributed by atoms with E-state index in [0.29, 0.717) is 23.1 Å². The Bertz CT molecular complexity index is 935. The van der Waals surface area contributed by atoms with E-state index >= 15 is 0 Å². The lowest BCUT2D eigenvalue weighted by Gasteiger charge is -2.11. The van der Waals surface area contributed by atoms with Gasteiger partial charge in [0.05, 0.1) is 18.2 Å². The molecular formula is C16H13FN4O2. The van der Waals surface area contributed by atoms with Gasteiger partial charge in [-0.15, -0.1) is 0 Å². The van der Waals surface area contributed by atoms with Crippen LogP contribution >= 0.6 is 0 Å². The molecule has 4 rings (SSSR count). The van der Waals surface area contributed by atoms with Gasteiger partial charge in [-0.25, -0.2) is 9.37 Å². The van der Waals surface area contributed by atoms with Gasteiger partial charge in [0.2, 0.25) is 0 Å². The Balaban J connectivity index is 1.94. The van der Waals surface area contributed by atoms with E-state index in [1.807, 2.05) is 0 Å². The van der Waals surface area contributed by atoms with Gasteiger partial charge in [0.25, 0.3) is 11.8 Å². The lowest BCUT2D eigenvalue weighted by molar-refractivity contribution is 0.0946. The third-order valence-electron chi connectivity index (χ3n) is 3.92. The number of nitrogens with zero attached hydrogens (tertiary/aromatic N) is 2. The Labute approximate surface area is 130 Å². The summed E-state index contributed by atoms with van der Waals surface area (Å²) in [6.07, 6.45) is 2.33. The van der Waals surface area contributed by atoms with Crippen molar-refractivity contribution in [2.45, 2.75) is 6.42 Å². The van der Waals surface area contributed by atoms with Crippen LogP contribution in [0, 0.1) is 5.82 Å². The molecule has 0 radical (unpaired) electrons. The summed E-state index contributed by atoms with van der Waals surface area (Å²) in [4.78, 5) is 23.5. The molecule has 6 nitrogen and oxygen atoms in total. The van der Waals surface area contributed by atoms with Gasteiger partial charge >= 0.3 is 0 Å². The fourth-order valence-electron chi connectivity index (χ4n) is 2.83. The Morgan fingerprint density at radius 1 is 1.30 bits per heavy atom. The molecule has 0 aromatic carbocycles. The average Bonchev–Trinajstić information content (AvgIpc) is 2.99. The molecule has 0 unspecified atom stereocenters. The zero-order valence-electron chi connectivity index (χ0n) is 12.3. The molecule has 0 atom stereocenters. The second-order valence-corrected chi connectivity index (χ2v) is 5.29. The van der Waals surface area contributed by atoms with Gasteiger partial charge in [-0.05, 0) is 12.1 Å². The standard InChI is InChI=1S/C16H13FN4O2/c1-23-16-10(17)7-13-14(21-16)8(2-4-18-13)12-6-9-11(20-12)3-5-19-15(9)22/h2,4,6-7,20H,3,5H2,1H3,(H,19,22). The van der Waals surface area contributed by atoms with Crippen molar-refractivity contribution >= 4 is 16.9 Å². The lowest BCUT2D eigenvalue weighted by atomic mass is 10.1. The van der Waals surface area contributed by atoms with Crippen LogP contribution in [0.1, 0.15) is 16.1 Å². The molecule has 116 valence electrons. The molecule has 3 aromatic heterocycles. The Kier molecular flexibility index (Phi) is 3.00. The van der Waals surface area contributed by atoms with Crippen LogP contribution in [0.25, 0.3) is 22.3 Å². The fourth-order valence-corrected chi connectivity index (χ4v) is 2.83. The summed E-state index contributed by atoms with van der Waals surface area (Å²) in [7, 11) is 1.37. The largest absolute Gasteiger partial charge is 0.479 e. The number of carbonyl (C=O) groups excluding carboxylic acids is 1. The molecule has 7 heteroatoms. The van der Waals surface area contributed by atoms with Gasteiger partial charge in [-0.1, -0.05) is 0 Å². The third kappa shape index (κ3) is 2.12. The van der Waals surface area contributed by atoms with Gasteiger partial charge in [0.1, 0.15) is 5.52 Å². The zero-order valence-corrected chi connectivity index (χ0v) is 12.3. The number of fused-ring (bicyclic) bond motifs is 2. The molecule has 1 aliphatic heterocycles. The maximum atomic E-state index is 13.8. The van der Waals surface area contributed by atoms with Gasteiger partial charge in [-0.2, -0.15) is 0 Å². The number of nitrogens with one attached hydrogen (secondary N) is 2. The quantitative estimate of drug-likeness (QED) is 0.759. The summed E-state index contributed by atoms with van der Waals surface area (Å²) in [5.41, 5.74) is 3.96. The Morgan fingerprint density at radius 2 is 2.17 bits per heavy atom. The molecule has 0 fully saturated rings. The summed E-state index contributed by atoms with van der Waals surface area (Å²) in [5.74, 6) is -0.737. The number of carbonyl (C=O) groups is 1. The first-order valence-corrected chi connectivity index (χ1v) is 7.17. The van der Waals surface area contributed by atoms with E-state index in [2.05, 4.69) is 20.3 Å². The Hall–Kier alpha value is -2.96. The van der Waals surface area contributed by atoms with Crippen molar-refractivity contribution in [2.24, 2.45) is 0 Å². The number of pyridine rings is 2. The normalized spacial score (nSPS) is 13.7. The van der Waals surface area contributed by atoms with E-state index in [1.54, 1.807) is 18.3 Å². The van der Waals surface area contributed by atoms with Crippen molar-refractivity contribution in [1.82, 2.24) is 20.3 Å². The van der Waals surface area contributed by atoms with Crippen LogP contribution in [-0.2, 0) is 6.42 Å². The second-order valence-electron chi connectivity index (χ2n) is 5.29. The van der Waals surface area contributed by atoms with Crippen LogP contribution in [0.5, 0.6) is 5.88 Å². The van der Waals surface area contributed by atoms with Crippen LogP contribution in [0.15, 0.2) is 24.4 Å². The molecular weight excluding hydrogens is 299 g/mol. The van der Waals surface area contributed by atoms with Gasteiger partial charge < -0.3 is 15.0 Å². The number of hydrogen-bond acceptors (Lipinski definition) is 4. The third-order valence-corrected chi connectivity index (χ3v) is 3.92. The fraction of sp³-hybridized carbons (Fsp3) is 0.188. The van der Waals surface area contributed by atoms with Crippen LogP contribution in [0.3, 0.4) is 0 Å². The predicted octanol–water partition coefficient (Wildman–Crippen LogP) is 2.06. The average molecular weight is 312 g/mol. The highest BCUT2D eigenvalue weighted by atomic mass is 19.1. The zero-order chi connectivity index (χ0) is 16.0.